The first-order valence-corrected chi connectivity index (χ1v) is 24.5. The lowest BCUT2D eigenvalue weighted by atomic mass is 10.00. The maximum atomic E-state index is 12.8. The van der Waals surface area contributed by atoms with Crippen LogP contribution in [-0.2, 0) is 38.7 Å². The van der Waals surface area contributed by atoms with E-state index in [0.717, 1.165) is 44.9 Å². The summed E-state index contributed by atoms with van der Waals surface area (Å²) in [5.74, 6) is -2.10. The smallest absolute Gasteiger partial charge is 0.306 e. The zero-order chi connectivity index (χ0) is 44.1. The lowest BCUT2D eigenvalue weighted by Gasteiger charge is -2.40. The van der Waals surface area contributed by atoms with Gasteiger partial charge in [-0.15, -0.1) is 0 Å². The van der Waals surface area contributed by atoms with Crippen molar-refractivity contribution in [3.8, 4) is 0 Å². The third-order valence-electron chi connectivity index (χ3n) is 10.1. The van der Waals surface area contributed by atoms with Gasteiger partial charge < -0.3 is 34.3 Å². The molecule has 0 aromatic carbocycles. The minimum Gasteiger partial charge on any atom is -0.462 e. The van der Waals surface area contributed by atoms with Gasteiger partial charge in [0, 0.05) is 12.8 Å². The number of hydrogen-bond acceptors (Lipinski definition) is 11. The maximum absolute atomic E-state index is 12.8. The summed E-state index contributed by atoms with van der Waals surface area (Å²) in [6.07, 6.45) is 35.6. The molecule has 346 valence electrons. The van der Waals surface area contributed by atoms with Crippen LogP contribution < -0.4 is 0 Å². The third-order valence-corrected chi connectivity index (χ3v) is 10.8. The molecule has 1 saturated heterocycles. The van der Waals surface area contributed by atoms with E-state index in [1.54, 1.807) is 0 Å². The molecule has 1 aliphatic rings. The first-order valence-electron chi connectivity index (χ1n) is 22.8. The van der Waals surface area contributed by atoms with Gasteiger partial charge in [-0.2, -0.15) is 8.42 Å². The van der Waals surface area contributed by atoms with Crippen LogP contribution in [0.3, 0.4) is 0 Å². The fourth-order valence-electron chi connectivity index (χ4n) is 6.49. The quantitative estimate of drug-likeness (QED) is 0.0201. The number of carbonyl (C=O) groups excluding carboxylic acids is 2. The molecule has 1 rings (SSSR count). The number of allylic oxidation sites excluding steroid dienone is 10. The van der Waals surface area contributed by atoms with Crippen LogP contribution in [0.25, 0.3) is 0 Å². The van der Waals surface area contributed by atoms with Crippen LogP contribution in [-0.4, -0.2) is 96.0 Å². The van der Waals surface area contributed by atoms with Gasteiger partial charge in [-0.3, -0.25) is 14.1 Å². The second kappa shape index (κ2) is 37.0. The van der Waals surface area contributed by atoms with Gasteiger partial charge >= 0.3 is 11.9 Å². The van der Waals surface area contributed by atoms with Gasteiger partial charge in [-0.1, -0.05) is 139 Å². The van der Waals surface area contributed by atoms with Crippen LogP contribution in [0.1, 0.15) is 168 Å². The summed E-state index contributed by atoms with van der Waals surface area (Å²) in [5.41, 5.74) is 0. The van der Waals surface area contributed by atoms with Crippen molar-refractivity contribution >= 4 is 22.1 Å². The number of aliphatic hydroxyl groups is 3. The van der Waals surface area contributed by atoms with E-state index in [4.69, 9.17) is 18.9 Å². The van der Waals surface area contributed by atoms with E-state index in [1.165, 1.54) is 77.0 Å². The minimum atomic E-state index is -4.61. The molecule has 1 heterocycles. The van der Waals surface area contributed by atoms with E-state index in [0.29, 0.717) is 19.3 Å². The van der Waals surface area contributed by atoms with Crippen LogP contribution in [0.15, 0.2) is 60.8 Å². The highest BCUT2D eigenvalue weighted by Crippen LogP contribution is 2.24. The molecule has 0 radical (unpaired) electrons. The van der Waals surface area contributed by atoms with Gasteiger partial charge in [0.15, 0.2) is 12.4 Å². The van der Waals surface area contributed by atoms with Gasteiger partial charge in [-0.25, -0.2) is 0 Å². The van der Waals surface area contributed by atoms with E-state index < -0.39 is 71.2 Å². The minimum absolute atomic E-state index is 0.105. The van der Waals surface area contributed by atoms with Crippen molar-refractivity contribution in [1.29, 1.82) is 0 Å². The first kappa shape index (κ1) is 55.4. The molecule has 6 atom stereocenters. The van der Waals surface area contributed by atoms with Crippen molar-refractivity contribution < 1.29 is 56.8 Å². The summed E-state index contributed by atoms with van der Waals surface area (Å²) < 4.78 is 54.0. The van der Waals surface area contributed by atoms with Crippen LogP contribution in [0, 0.1) is 0 Å². The molecule has 60 heavy (non-hydrogen) atoms. The topological polar surface area (TPSA) is 186 Å². The fourth-order valence-corrected chi connectivity index (χ4v) is 7.18. The zero-order valence-corrected chi connectivity index (χ0v) is 37.6. The Morgan fingerprint density at radius 3 is 1.57 bits per heavy atom. The Balaban J connectivity index is 2.51. The SMILES string of the molecule is CCCCC/C=C/C/C=C/C/C=C/CCCCC(=O)O[C@H](COC(=O)CCC/C=C/C/C=C/CCCCCCCCCCC)CO[C@H]1O[C@H](CS(=O)(=O)O)[C@@H](O)C(O)C1O. The van der Waals surface area contributed by atoms with Crippen LogP contribution >= 0.6 is 0 Å². The highest BCUT2D eigenvalue weighted by Gasteiger charge is 2.46. The van der Waals surface area contributed by atoms with Crippen molar-refractivity contribution in [3.05, 3.63) is 60.8 Å². The van der Waals surface area contributed by atoms with Gasteiger partial charge in [0.25, 0.3) is 10.1 Å². The number of carbonyl (C=O) groups is 2. The Bertz CT molecular complexity index is 1340. The summed E-state index contributed by atoms with van der Waals surface area (Å²) >= 11 is 0. The molecule has 0 amide bonds. The molecular weight excluding hydrogens is 789 g/mol. The molecule has 1 fully saturated rings. The van der Waals surface area contributed by atoms with Crippen LogP contribution in [0.4, 0.5) is 0 Å². The molecule has 4 N–H and O–H groups in total. The highest BCUT2D eigenvalue weighted by atomic mass is 32.2. The second-order valence-electron chi connectivity index (χ2n) is 15.7. The Kier molecular flexibility index (Phi) is 34.1. The lowest BCUT2D eigenvalue weighted by molar-refractivity contribution is -0.297. The average Bonchev–Trinajstić information content (AvgIpc) is 3.21. The maximum Gasteiger partial charge on any atom is 0.306 e. The largest absolute Gasteiger partial charge is 0.462 e. The Morgan fingerprint density at radius 1 is 0.567 bits per heavy atom. The normalized spacial score (nSPS) is 20.7. The molecule has 0 bridgehead atoms. The van der Waals surface area contributed by atoms with E-state index in [2.05, 4.69) is 68.5 Å². The molecule has 0 saturated carbocycles. The van der Waals surface area contributed by atoms with E-state index in [-0.39, 0.29) is 19.4 Å². The number of rotatable bonds is 37. The van der Waals surface area contributed by atoms with E-state index in [1.807, 2.05) is 6.08 Å². The average molecular weight is 869 g/mol. The molecular formula is C47H80O12S. The highest BCUT2D eigenvalue weighted by molar-refractivity contribution is 7.85. The number of ether oxygens (including phenoxy) is 4. The molecule has 1 aliphatic heterocycles. The van der Waals surface area contributed by atoms with Crippen LogP contribution in [0.2, 0.25) is 0 Å². The molecule has 0 aromatic rings. The summed E-state index contributed by atoms with van der Waals surface area (Å²) in [5, 5.41) is 30.9. The Hall–Kier alpha value is -2.65. The van der Waals surface area contributed by atoms with E-state index in [9.17, 15) is 37.9 Å². The van der Waals surface area contributed by atoms with E-state index >= 15 is 0 Å². The van der Waals surface area contributed by atoms with Gasteiger partial charge in [0.2, 0.25) is 0 Å². The van der Waals surface area contributed by atoms with Gasteiger partial charge in [0.1, 0.15) is 36.8 Å². The number of unbranched alkanes of at least 4 members (excludes halogenated alkanes) is 15. The predicted octanol–water partition coefficient (Wildman–Crippen LogP) is 9.34. The third kappa shape index (κ3) is 31.2. The van der Waals surface area contributed by atoms with Crippen molar-refractivity contribution in [3.63, 3.8) is 0 Å². The summed E-state index contributed by atoms with van der Waals surface area (Å²) in [4.78, 5) is 25.4. The molecule has 0 aromatic heterocycles. The van der Waals surface area contributed by atoms with Gasteiger partial charge in [0.05, 0.1) is 6.61 Å². The zero-order valence-electron chi connectivity index (χ0n) is 36.8. The Morgan fingerprint density at radius 2 is 1.02 bits per heavy atom. The van der Waals surface area contributed by atoms with Crippen molar-refractivity contribution in [2.75, 3.05) is 19.0 Å². The monoisotopic (exact) mass is 869 g/mol. The molecule has 0 aliphatic carbocycles. The summed E-state index contributed by atoms with van der Waals surface area (Å²) in [6, 6.07) is 0. The molecule has 0 spiro atoms. The van der Waals surface area contributed by atoms with Crippen molar-refractivity contribution in [2.24, 2.45) is 0 Å². The molecule has 2 unspecified atom stereocenters. The fraction of sp³-hybridized carbons (Fsp3) is 0.745. The second-order valence-corrected chi connectivity index (χ2v) is 17.2. The molecule has 12 nitrogen and oxygen atoms in total. The molecule has 13 heteroatoms. The van der Waals surface area contributed by atoms with Crippen molar-refractivity contribution in [1.82, 2.24) is 0 Å². The number of aliphatic hydroxyl groups excluding tert-OH is 3. The van der Waals surface area contributed by atoms with Crippen molar-refractivity contribution in [2.45, 2.75) is 205 Å². The summed E-state index contributed by atoms with van der Waals surface area (Å²) in [6.45, 7) is 3.65. The lowest BCUT2D eigenvalue weighted by Crippen LogP contribution is -2.60. The number of esters is 2. The Labute approximate surface area is 362 Å². The standard InChI is InChI=1S/C47H80O12S/c1-3-5-7-9-11-13-15-17-19-20-22-23-25-27-29-31-33-35-42(48)56-37-40(38-57-47-46(52)45(51)44(50)41(59-47)39-60(53,54)55)58-43(49)36-34-32-30-28-26-24-21-18-16-14-12-10-8-6-4-2/h12,14,18,21-23,26-29,40-41,44-47,50-52H,3-11,13,15-17,19-20,24-25,30-39H2,1-2H3,(H,53,54,55)/b14-12+,21-18+,23-22+,28-26+,29-27+/t40-,41-,44-,45?,46?,47+/m1/s1. The van der Waals surface area contributed by atoms with Gasteiger partial charge in [-0.05, 0) is 77.0 Å². The summed E-state index contributed by atoms with van der Waals surface area (Å²) in [7, 11) is -4.61. The van der Waals surface area contributed by atoms with Crippen LogP contribution in [0.5, 0.6) is 0 Å². The number of hydrogen-bond donors (Lipinski definition) is 4. The first-order chi connectivity index (χ1) is 29.0. The predicted molar refractivity (Wildman–Crippen MR) is 238 cm³/mol.